The number of benzene rings is 3. The number of quaternary nitrogens is 1. The Hall–Kier alpha value is -3.28. The van der Waals surface area contributed by atoms with Crippen LogP contribution in [0.15, 0.2) is 94.9 Å². The van der Waals surface area contributed by atoms with Gasteiger partial charge in [-0.05, 0) is 69.2 Å². The predicted molar refractivity (Wildman–Crippen MR) is 178 cm³/mol. The van der Waals surface area contributed by atoms with E-state index in [0.717, 1.165) is 37.0 Å². The maximum atomic E-state index is 2.62. The van der Waals surface area contributed by atoms with Crippen molar-refractivity contribution in [3.63, 3.8) is 0 Å². The Morgan fingerprint density at radius 1 is 0.902 bits per heavy atom. The molecule has 0 aliphatic carbocycles. The Labute approximate surface area is 251 Å². The number of anilines is 2. The fourth-order valence-electron chi connectivity index (χ4n) is 5.50. The number of hydrogen-bond acceptors (Lipinski definition) is 3. The molecule has 41 heavy (non-hydrogen) atoms. The van der Waals surface area contributed by atoms with Crippen molar-refractivity contribution in [2.45, 2.75) is 51.0 Å². The molecule has 0 saturated heterocycles. The van der Waals surface area contributed by atoms with Gasteiger partial charge in [0.05, 0.1) is 50.0 Å². The third kappa shape index (κ3) is 6.02. The highest BCUT2D eigenvalue weighted by atomic mass is 32.2. The summed E-state index contributed by atoms with van der Waals surface area (Å²) in [5.41, 5.74) is 5.18. The minimum absolute atomic E-state index is 0.213. The third-order valence-electron chi connectivity index (χ3n) is 8.81. The summed E-state index contributed by atoms with van der Waals surface area (Å²) in [4.78, 5) is 6.25. The van der Waals surface area contributed by atoms with E-state index < -0.39 is 0 Å². The molecular weight excluding hydrogens is 520 g/mol. The highest BCUT2D eigenvalue weighted by molar-refractivity contribution is 8.03. The van der Waals surface area contributed by atoms with Crippen molar-refractivity contribution in [3.8, 4) is 5.69 Å². The average molecular weight is 567 g/mol. The van der Waals surface area contributed by atoms with E-state index in [-0.39, 0.29) is 5.54 Å². The zero-order valence-corrected chi connectivity index (χ0v) is 26.7. The molecule has 0 bridgehead atoms. The van der Waals surface area contributed by atoms with Gasteiger partial charge in [0.2, 0.25) is 0 Å². The second-order valence-corrected chi connectivity index (χ2v) is 13.7. The van der Waals surface area contributed by atoms with Crippen LogP contribution >= 0.6 is 11.8 Å². The van der Waals surface area contributed by atoms with Crippen molar-refractivity contribution in [1.29, 1.82) is 0 Å². The van der Waals surface area contributed by atoms with Crippen LogP contribution in [0.2, 0.25) is 0 Å². The van der Waals surface area contributed by atoms with E-state index in [2.05, 4.69) is 154 Å². The van der Waals surface area contributed by atoms with Crippen molar-refractivity contribution >= 4 is 40.2 Å². The monoisotopic (exact) mass is 566 g/mol. The summed E-state index contributed by atoms with van der Waals surface area (Å²) in [6.07, 6.45) is 4.62. The smallest absolute Gasteiger partial charge is 0.282 e. The Bertz CT molecular complexity index is 1530. The van der Waals surface area contributed by atoms with Gasteiger partial charge >= 0.3 is 0 Å². The van der Waals surface area contributed by atoms with E-state index in [4.69, 9.17) is 0 Å². The van der Waals surface area contributed by atoms with Gasteiger partial charge in [-0.25, -0.2) is 0 Å². The number of rotatable bonds is 9. The number of hydrogen-bond donors (Lipinski definition) is 0. The molecule has 0 N–H and O–H groups in total. The van der Waals surface area contributed by atoms with E-state index in [9.17, 15) is 0 Å². The quantitative estimate of drug-likeness (QED) is 0.150. The Morgan fingerprint density at radius 3 is 2.29 bits per heavy atom. The predicted octanol–water partition coefficient (Wildman–Crippen LogP) is 8.14. The molecule has 0 amide bonds. The molecule has 214 valence electrons. The molecule has 3 aromatic carbocycles. The molecule has 1 aromatic heterocycles. The summed E-state index contributed by atoms with van der Waals surface area (Å²) in [7, 11) is 6.91. The maximum Gasteiger partial charge on any atom is 0.282 e. The van der Waals surface area contributed by atoms with Crippen molar-refractivity contribution in [2.75, 3.05) is 50.6 Å². The Balaban J connectivity index is 1.63. The molecule has 4 aromatic rings. The number of nitrogens with zero attached hydrogens (tertiary/aromatic N) is 4. The lowest BCUT2D eigenvalue weighted by Gasteiger charge is -2.42. The lowest BCUT2D eigenvalue weighted by Crippen LogP contribution is -2.55. The first-order valence-corrected chi connectivity index (χ1v) is 15.8. The second kappa shape index (κ2) is 11.9. The van der Waals surface area contributed by atoms with Gasteiger partial charge in [0.15, 0.2) is 0 Å². The van der Waals surface area contributed by atoms with Gasteiger partial charge in [-0.15, -0.1) is 0 Å². The largest absolute Gasteiger partial charge is 0.338 e. The molecule has 0 atom stereocenters. The van der Waals surface area contributed by atoms with Crippen LogP contribution in [0.4, 0.5) is 11.5 Å². The zero-order chi connectivity index (χ0) is 29.2. The van der Waals surface area contributed by atoms with E-state index in [1.165, 1.54) is 43.6 Å². The summed E-state index contributed by atoms with van der Waals surface area (Å²) >= 11 is 1.86. The van der Waals surface area contributed by atoms with E-state index in [1.807, 2.05) is 11.8 Å². The molecule has 4 nitrogen and oxygen atoms in total. The minimum Gasteiger partial charge on any atom is -0.338 e. The average Bonchev–Trinajstić information content (AvgIpc) is 3.27. The summed E-state index contributed by atoms with van der Waals surface area (Å²) in [5, 5.41) is 2.52. The van der Waals surface area contributed by atoms with Gasteiger partial charge in [0.25, 0.3) is 5.82 Å². The molecule has 0 unspecified atom stereocenters. The van der Waals surface area contributed by atoms with Crippen molar-refractivity contribution in [3.05, 3.63) is 95.5 Å². The maximum absolute atomic E-state index is 2.62. The van der Waals surface area contributed by atoms with Crippen LogP contribution in [-0.4, -0.2) is 50.8 Å². The second-order valence-electron chi connectivity index (χ2n) is 12.7. The fraction of sp³-hybridized carbons (Fsp3) is 0.361. The van der Waals surface area contributed by atoms with E-state index in [1.54, 1.807) is 0 Å². The lowest BCUT2D eigenvalue weighted by atomic mass is 10.0. The third-order valence-corrected chi connectivity index (χ3v) is 9.98. The van der Waals surface area contributed by atoms with Gasteiger partial charge in [-0.3, -0.25) is 4.90 Å². The van der Waals surface area contributed by atoms with Crippen LogP contribution in [0.25, 0.3) is 22.7 Å². The molecule has 1 aliphatic rings. The van der Waals surface area contributed by atoms with Gasteiger partial charge in [0.1, 0.15) is 11.2 Å². The topological polar surface area (TPSA) is 10.4 Å². The molecule has 0 spiro atoms. The van der Waals surface area contributed by atoms with E-state index in [0.29, 0.717) is 0 Å². The van der Waals surface area contributed by atoms with Crippen molar-refractivity contribution in [1.82, 2.24) is 0 Å². The Morgan fingerprint density at radius 2 is 1.59 bits per heavy atom. The molecule has 0 saturated carbocycles. The number of pyridine rings is 1. The first-order valence-electron chi connectivity index (χ1n) is 14.9. The first-order chi connectivity index (χ1) is 19.6. The Kier molecular flexibility index (Phi) is 8.49. The van der Waals surface area contributed by atoms with Gasteiger partial charge in [-0.2, -0.15) is 4.57 Å². The molecule has 1 aliphatic heterocycles. The van der Waals surface area contributed by atoms with Crippen molar-refractivity contribution < 1.29 is 9.05 Å². The van der Waals surface area contributed by atoms with Gasteiger partial charge in [0, 0.05) is 29.8 Å². The van der Waals surface area contributed by atoms with Crippen LogP contribution in [0.1, 0.15) is 46.1 Å². The number of thioether (sulfide) groups is 1. The highest BCUT2D eigenvalue weighted by Gasteiger charge is 2.32. The number of aromatic nitrogens is 1. The number of fused-ring (bicyclic) bond motifs is 2. The summed E-state index contributed by atoms with van der Waals surface area (Å²) in [6, 6.07) is 30.8. The van der Waals surface area contributed by atoms with Gasteiger partial charge < -0.3 is 9.38 Å². The molecule has 5 rings (SSSR count). The minimum atomic E-state index is 0.213. The summed E-state index contributed by atoms with van der Waals surface area (Å²) < 4.78 is 3.47. The highest BCUT2D eigenvalue weighted by Crippen LogP contribution is 2.45. The summed E-state index contributed by atoms with van der Waals surface area (Å²) in [5.74, 6) is 1.26. The number of para-hydroxylation sites is 3. The van der Waals surface area contributed by atoms with Crippen LogP contribution in [0.5, 0.6) is 0 Å². The standard InChI is InChI=1S/C36H46N4S/c1-8-23-38(24-16-25-40(6,7)36(2,3)4)34-26-28(27-35-37(5)32-21-14-15-22-33(32)41-35)30-19-12-13-20-31(30)39(34)29-17-10-9-11-18-29/h9-15,17-22,26-27H,8,16,23-25H2,1-7H3/q+2. The summed E-state index contributed by atoms with van der Waals surface area (Å²) in [6.45, 7) is 12.5. The lowest BCUT2D eigenvalue weighted by molar-refractivity contribution is -0.935. The molecule has 2 heterocycles. The zero-order valence-electron chi connectivity index (χ0n) is 25.9. The van der Waals surface area contributed by atoms with Crippen LogP contribution in [-0.2, 0) is 0 Å². The van der Waals surface area contributed by atoms with Crippen molar-refractivity contribution in [2.24, 2.45) is 0 Å². The fourth-order valence-corrected chi connectivity index (χ4v) is 6.60. The normalized spacial score (nSPS) is 14.6. The molecule has 0 radical (unpaired) electrons. The molecule has 0 fully saturated rings. The van der Waals surface area contributed by atoms with Crippen LogP contribution in [0, 0.1) is 0 Å². The first kappa shape index (κ1) is 29.2. The molecular formula is C36H46N4S+2. The van der Waals surface area contributed by atoms with E-state index >= 15 is 0 Å². The SMILES string of the molecule is CCCN(CCC[N+](C)(C)C(C)(C)C)c1cc(/C=C2/Sc3ccccc3N2C)c2ccccc2[n+]1-c1ccccc1. The molecule has 5 heteroatoms. The van der Waals surface area contributed by atoms with Gasteiger partial charge in [-0.1, -0.05) is 67.2 Å². The van der Waals surface area contributed by atoms with Crippen LogP contribution < -0.4 is 14.4 Å². The van der Waals surface area contributed by atoms with Crippen LogP contribution in [0.3, 0.4) is 0 Å².